The van der Waals surface area contributed by atoms with E-state index in [-0.39, 0.29) is 17.7 Å². The third-order valence-electron chi connectivity index (χ3n) is 8.02. The first-order valence-electron chi connectivity index (χ1n) is 12.9. The molecular weight excluding hydrogens is 427 g/mol. The van der Waals surface area contributed by atoms with Crippen LogP contribution in [0.25, 0.3) is 11.0 Å². The lowest BCUT2D eigenvalue weighted by atomic mass is 9.79. The molecule has 1 saturated heterocycles. The highest BCUT2D eigenvalue weighted by Gasteiger charge is 2.31. The van der Waals surface area contributed by atoms with E-state index in [9.17, 15) is 9.18 Å². The average molecular weight is 463 g/mol. The summed E-state index contributed by atoms with van der Waals surface area (Å²) in [4.78, 5) is 20.5. The van der Waals surface area contributed by atoms with Crippen molar-refractivity contribution in [3.05, 3.63) is 65.4 Å². The molecule has 0 N–H and O–H groups in total. The van der Waals surface area contributed by atoms with Gasteiger partial charge in [-0.25, -0.2) is 4.39 Å². The maximum atomic E-state index is 14.3. The summed E-state index contributed by atoms with van der Waals surface area (Å²) in [6.07, 6.45) is 11.9. The first kappa shape index (κ1) is 23.2. The van der Waals surface area contributed by atoms with Crippen molar-refractivity contribution in [1.82, 2.24) is 9.88 Å². The van der Waals surface area contributed by atoms with Crippen LogP contribution in [-0.4, -0.2) is 35.3 Å². The van der Waals surface area contributed by atoms with E-state index in [1.807, 2.05) is 25.1 Å². The number of nitrogens with zero attached hydrogens (tertiary/aromatic N) is 2. The monoisotopic (exact) mass is 462 g/mol. The quantitative estimate of drug-likeness (QED) is 0.388. The van der Waals surface area contributed by atoms with E-state index in [1.165, 1.54) is 19.3 Å². The number of halogens is 1. The number of carbonyl (C=O) groups excluding carboxylic acids is 1. The number of carbonyl (C=O) groups is 1. The fourth-order valence-corrected chi connectivity index (χ4v) is 6.02. The minimum absolute atomic E-state index is 0.115. The molecular formula is C29H35FN2O2. The van der Waals surface area contributed by atoms with Gasteiger partial charge in [-0.1, -0.05) is 25.3 Å². The number of benzene rings is 1. The van der Waals surface area contributed by atoms with E-state index < -0.39 is 0 Å². The molecule has 2 fully saturated rings. The van der Waals surface area contributed by atoms with E-state index >= 15 is 0 Å². The summed E-state index contributed by atoms with van der Waals surface area (Å²) >= 11 is 0. The standard InChI is InChI=1S/C29H35FN2O2/c1-20-19-34-29-25(20)17-23(30)18-26(29)21-10-14-32(15-11-21)16-12-24(27-9-5-6-13-31-27)28(33)22-7-3-2-4-8-22/h5-6,9,13,17-19,21-22,24H,2-4,7-8,10-12,14-16H2,1H3. The molecule has 1 saturated carbocycles. The summed E-state index contributed by atoms with van der Waals surface area (Å²) in [5.41, 5.74) is 3.74. The zero-order valence-electron chi connectivity index (χ0n) is 20.1. The first-order valence-corrected chi connectivity index (χ1v) is 12.9. The van der Waals surface area contributed by atoms with Crippen LogP contribution in [0, 0.1) is 18.7 Å². The number of aromatic nitrogens is 1. The maximum absolute atomic E-state index is 14.3. The van der Waals surface area contributed by atoms with E-state index in [0.29, 0.717) is 11.7 Å². The van der Waals surface area contributed by atoms with E-state index in [1.54, 1.807) is 24.6 Å². The highest BCUT2D eigenvalue weighted by atomic mass is 19.1. The van der Waals surface area contributed by atoms with Crippen molar-refractivity contribution in [2.24, 2.45) is 5.92 Å². The summed E-state index contributed by atoms with van der Waals surface area (Å²) in [7, 11) is 0. The minimum atomic E-state index is -0.186. The van der Waals surface area contributed by atoms with Crippen molar-refractivity contribution in [2.45, 2.75) is 70.1 Å². The Hall–Kier alpha value is -2.53. The molecule has 3 aromatic rings. The topological polar surface area (TPSA) is 46.3 Å². The van der Waals surface area contributed by atoms with Crippen LogP contribution >= 0.6 is 0 Å². The third kappa shape index (κ3) is 4.95. The molecule has 0 radical (unpaired) electrons. The van der Waals surface area contributed by atoms with Gasteiger partial charge in [-0.3, -0.25) is 9.78 Å². The lowest BCUT2D eigenvalue weighted by molar-refractivity contribution is -0.125. The Morgan fingerprint density at radius 1 is 1.15 bits per heavy atom. The Balaban J connectivity index is 1.23. The Morgan fingerprint density at radius 3 is 2.68 bits per heavy atom. The number of pyridine rings is 1. The van der Waals surface area contributed by atoms with Gasteiger partial charge < -0.3 is 9.32 Å². The fourth-order valence-electron chi connectivity index (χ4n) is 6.02. The Kier molecular flexibility index (Phi) is 7.10. The predicted molar refractivity (Wildman–Crippen MR) is 133 cm³/mol. The van der Waals surface area contributed by atoms with Crippen LogP contribution in [-0.2, 0) is 4.79 Å². The summed E-state index contributed by atoms with van der Waals surface area (Å²) < 4.78 is 20.1. The summed E-state index contributed by atoms with van der Waals surface area (Å²) in [6, 6.07) is 9.16. The van der Waals surface area contributed by atoms with Gasteiger partial charge in [0.2, 0.25) is 0 Å². The number of furan rings is 1. The Bertz CT molecular complexity index is 1110. The SMILES string of the molecule is Cc1coc2c(C3CCN(CCC(C(=O)C4CCCCC4)c4ccccn4)CC3)cc(F)cc12. The largest absolute Gasteiger partial charge is 0.464 e. The van der Waals surface area contributed by atoms with Crippen LogP contribution in [0.5, 0.6) is 0 Å². The van der Waals surface area contributed by atoms with Gasteiger partial charge >= 0.3 is 0 Å². The molecule has 1 atom stereocenters. The van der Waals surface area contributed by atoms with E-state index in [2.05, 4.69) is 9.88 Å². The second kappa shape index (κ2) is 10.4. The number of likely N-dealkylation sites (tertiary alicyclic amines) is 1. The lowest BCUT2D eigenvalue weighted by Gasteiger charge is -2.33. The smallest absolute Gasteiger partial charge is 0.145 e. The van der Waals surface area contributed by atoms with Crippen LogP contribution in [0.15, 0.2) is 47.2 Å². The molecule has 1 unspecified atom stereocenters. The van der Waals surface area contributed by atoms with E-state index in [0.717, 1.165) is 79.5 Å². The molecule has 1 aliphatic heterocycles. The van der Waals surface area contributed by atoms with Gasteiger partial charge in [0.15, 0.2) is 0 Å². The predicted octanol–water partition coefficient (Wildman–Crippen LogP) is 6.78. The molecule has 5 heteroatoms. The number of Topliss-reactive ketones (excluding diaryl/α,β-unsaturated/α-hetero) is 1. The molecule has 5 rings (SSSR count). The van der Waals surface area contributed by atoms with Gasteiger partial charge in [0.25, 0.3) is 0 Å². The van der Waals surface area contributed by atoms with Crippen molar-refractivity contribution >= 4 is 16.8 Å². The maximum Gasteiger partial charge on any atom is 0.145 e. The van der Waals surface area contributed by atoms with Crippen molar-refractivity contribution in [3.8, 4) is 0 Å². The van der Waals surface area contributed by atoms with Crippen molar-refractivity contribution in [3.63, 3.8) is 0 Å². The number of hydrogen-bond acceptors (Lipinski definition) is 4. The molecule has 1 aliphatic carbocycles. The van der Waals surface area contributed by atoms with Crippen LogP contribution in [0.3, 0.4) is 0 Å². The van der Waals surface area contributed by atoms with Gasteiger partial charge in [0.05, 0.1) is 17.9 Å². The van der Waals surface area contributed by atoms with Crippen LogP contribution < -0.4 is 0 Å². The third-order valence-corrected chi connectivity index (χ3v) is 8.02. The molecule has 1 aromatic carbocycles. The summed E-state index contributed by atoms with van der Waals surface area (Å²) in [6.45, 7) is 4.76. The summed E-state index contributed by atoms with van der Waals surface area (Å²) in [5, 5.41) is 0.886. The molecule has 0 spiro atoms. The van der Waals surface area contributed by atoms with Crippen molar-refractivity contribution in [2.75, 3.05) is 19.6 Å². The zero-order chi connectivity index (χ0) is 23.5. The number of fused-ring (bicyclic) bond motifs is 1. The van der Waals surface area contributed by atoms with Gasteiger partial charge in [-0.2, -0.15) is 0 Å². The normalized spacial score (nSPS) is 19.5. The molecule has 0 bridgehead atoms. The van der Waals surface area contributed by atoms with Gasteiger partial charge in [-0.05, 0) is 94.4 Å². The highest BCUT2D eigenvalue weighted by Crippen LogP contribution is 2.36. The first-order chi connectivity index (χ1) is 16.6. The molecule has 0 amide bonds. The zero-order valence-corrected chi connectivity index (χ0v) is 20.1. The van der Waals surface area contributed by atoms with Crippen LogP contribution in [0.1, 0.15) is 80.0 Å². The minimum Gasteiger partial charge on any atom is -0.464 e. The number of aryl methyl sites for hydroxylation is 1. The molecule has 3 heterocycles. The Morgan fingerprint density at radius 2 is 1.94 bits per heavy atom. The second-order valence-corrected chi connectivity index (χ2v) is 10.2. The Labute approximate surface area is 201 Å². The number of rotatable bonds is 7. The number of piperidine rings is 1. The molecule has 4 nitrogen and oxygen atoms in total. The van der Waals surface area contributed by atoms with Crippen molar-refractivity contribution < 1.29 is 13.6 Å². The van der Waals surface area contributed by atoms with Gasteiger partial charge in [0.1, 0.15) is 17.2 Å². The average Bonchev–Trinajstić information content (AvgIpc) is 3.25. The van der Waals surface area contributed by atoms with Gasteiger partial charge in [-0.15, -0.1) is 0 Å². The molecule has 2 aliphatic rings. The van der Waals surface area contributed by atoms with Crippen LogP contribution in [0.4, 0.5) is 4.39 Å². The molecule has 2 aromatic heterocycles. The van der Waals surface area contributed by atoms with Gasteiger partial charge in [0, 0.05) is 23.1 Å². The highest BCUT2D eigenvalue weighted by molar-refractivity contribution is 5.87. The molecule has 34 heavy (non-hydrogen) atoms. The lowest BCUT2D eigenvalue weighted by Crippen LogP contribution is -2.35. The number of ketones is 1. The van der Waals surface area contributed by atoms with Crippen LogP contribution in [0.2, 0.25) is 0 Å². The van der Waals surface area contributed by atoms with E-state index in [4.69, 9.17) is 4.42 Å². The fraction of sp³-hybridized carbons (Fsp3) is 0.517. The summed E-state index contributed by atoms with van der Waals surface area (Å²) in [5.74, 6) is 0.586. The molecule has 180 valence electrons. The number of hydrogen-bond donors (Lipinski definition) is 0. The van der Waals surface area contributed by atoms with Crippen molar-refractivity contribution in [1.29, 1.82) is 0 Å². The second-order valence-electron chi connectivity index (χ2n) is 10.2.